The Bertz CT molecular complexity index is 309. The highest BCUT2D eigenvalue weighted by Gasteiger charge is 2.35. The zero-order valence-electron chi connectivity index (χ0n) is 11.8. The van der Waals surface area contributed by atoms with Gasteiger partial charge in [0.2, 0.25) is 0 Å². The topological polar surface area (TPSA) is 119 Å². The summed E-state index contributed by atoms with van der Waals surface area (Å²) >= 11 is 0. The molecule has 7 nitrogen and oxygen atoms in total. The lowest BCUT2D eigenvalue weighted by molar-refractivity contribution is -0.307. The number of aliphatic carboxylic acids is 1. The Morgan fingerprint density at radius 3 is 2.65 bits per heavy atom. The van der Waals surface area contributed by atoms with Crippen molar-refractivity contribution in [1.82, 2.24) is 0 Å². The second-order valence-electron chi connectivity index (χ2n) is 5.33. The third-order valence-corrected chi connectivity index (χ3v) is 3.36. The van der Waals surface area contributed by atoms with Crippen LogP contribution in [0.1, 0.15) is 39.5 Å². The van der Waals surface area contributed by atoms with Crippen LogP contribution >= 0.6 is 0 Å². The van der Waals surface area contributed by atoms with Crippen LogP contribution in [-0.4, -0.2) is 58.1 Å². The van der Waals surface area contributed by atoms with Crippen molar-refractivity contribution in [3.63, 3.8) is 0 Å². The summed E-state index contributed by atoms with van der Waals surface area (Å²) in [4.78, 5) is 10.3. The Morgan fingerprint density at radius 2 is 2.05 bits per heavy atom. The zero-order valence-corrected chi connectivity index (χ0v) is 11.8. The summed E-state index contributed by atoms with van der Waals surface area (Å²) in [5.74, 6) is -1.29. The van der Waals surface area contributed by atoms with E-state index in [4.69, 9.17) is 9.47 Å². The van der Waals surface area contributed by atoms with Crippen molar-refractivity contribution in [2.45, 2.75) is 76.3 Å². The molecule has 6 atom stereocenters. The quantitative estimate of drug-likeness (QED) is 0.524. The molecule has 0 aromatic rings. The van der Waals surface area contributed by atoms with Crippen LogP contribution in [0.3, 0.4) is 0 Å². The summed E-state index contributed by atoms with van der Waals surface area (Å²) in [6, 6.07) is 0. The minimum Gasteiger partial charge on any atom is -0.550 e. The summed E-state index contributed by atoms with van der Waals surface area (Å²) in [7, 11) is 0. The van der Waals surface area contributed by atoms with E-state index < -0.39 is 43.1 Å². The summed E-state index contributed by atoms with van der Waals surface area (Å²) in [5.41, 5.74) is 0. The van der Waals surface area contributed by atoms with Crippen molar-refractivity contribution in [2.75, 3.05) is 0 Å². The Hall–Kier alpha value is -0.730. The number of carboxylic acid groups (broad SMARTS) is 1. The van der Waals surface area contributed by atoms with E-state index in [2.05, 4.69) is 0 Å². The molecule has 118 valence electrons. The van der Waals surface area contributed by atoms with Gasteiger partial charge in [-0.2, -0.15) is 0 Å². The maximum absolute atomic E-state index is 10.3. The third-order valence-electron chi connectivity index (χ3n) is 3.36. The number of rotatable bonds is 7. The van der Waals surface area contributed by atoms with Gasteiger partial charge in [0.15, 0.2) is 6.29 Å². The van der Waals surface area contributed by atoms with Gasteiger partial charge in [-0.3, -0.25) is 0 Å². The first kappa shape index (κ1) is 17.3. The first-order valence-corrected chi connectivity index (χ1v) is 6.84. The molecule has 0 aliphatic carbocycles. The van der Waals surface area contributed by atoms with Crippen molar-refractivity contribution < 1.29 is 34.7 Å². The van der Waals surface area contributed by atoms with Gasteiger partial charge in [0.1, 0.15) is 6.10 Å². The van der Waals surface area contributed by atoms with Gasteiger partial charge in [0.05, 0.1) is 24.4 Å². The number of aliphatic hydroxyl groups is 3. The van der Waals surface area contributed by atoms with Crippen molar-refractivity contribution in [3.05, 3.63) is 0 Å². The van der Waals surface area contributed by atoms with Gasteiger partial charge in [-0.05, 0) is 26.7 Å². The van der Waals surface area contributed by atoms with Crippen LogP contribution in [0.15, 0.2) is 0 Å². The van der Waals surface area contributed by atoms with E-state index >= 15 is 0 Å². The average molecular weight is 291 g/mol. The first-order chi connectivity index (χ1) is 9.29. The average Bonchev–Trinajstić information content (AvgIpc) is 2.32. The first-order valence-electron chi connectivity index (χ1n) is 6.84. The van der Waals surface area contributed by atoms with Gasteiger partial charge in [-0.1, -0.05) is 0 Å². The van der Waals surface area contributed by atoms with Crippen molar-refractivity contribution in [2.24, 2.45) is 0 Å². The van der Waals surface area contributed by atoms with E-state index in [9.17, 15) is 25.2 Å². The summed E-state index contributed by atoms with van der Waals surface area (Å²) < 4.78 is 10.9. The number of carbonyl (C=O) groups is 1. The normalized spacial score (nSPS) is 33.6. The SMILES string of the molecule is C[C@H](CC[C@H](O)CC(=O)[O-])O[C@@H]1O[C@@H](C)[C@H](O)C[C@H]1O. The van der Waals surface area contributed by atoms with E-state index in [1.54, 1.807) is 13.8 Å². The van der Waals surface area contributed by atoms with Crippen LogP contribution in [0, 0.1) is 0 Å². The van der Waals surface area contributed by atoms with Gasteiger partial charge in [0.25, 0.3) is 0 Å². The molecule has 1 aliphatic rings. The van der Waals surface area contributed by atoms with Crippen LogP contribution < -0.4 is 5.11 Å². The van der Waals surface area contributed by atoms with Crippen LogP contribution in [0.25, 0.3) is 0 Å². The Balaban J connectivity index is 2.31. The fraction of sp³-hybridized carbons (Fsp3) is 0.923. The molecule has 1 heterocycles. The number of hydrogen-bond acceptors (Lipinski definition) is 7. The van der Waals surface area contributed by atoms with Crippen LogP contribution in [-0.2, 0) is 14.3 Å². The lowest BCUT2D eigenvalue weighted by atomic mass is 10.0. The van der Waals surface area contributed by atoms with Crippen molar-refractivity contribution in [1.29, 1.82) is 0 Å². The predicted molar refractivity (Wildman–Crippen MR) is 66.4 cm³/mol. The molecule has 0 radical (unpaired) electrons. The minimum absolute atomic E-state index is 0.186. The smallest absolute Gasteiger partial charge is 0.184 e. The standard InChI is InChI=1S/C13H24O7/c1-7(3-4-9(14)5-12(17)18)19-13-11(16)6-10(15)8(2)20-13/h7-11,13-16H,3-6H2,1-2H3,(H,17,18)/p-1/t7-,8+,9+,10-,11-,13-/m1/s1. The van der Waals surface area contributed by atoms with E-state index in [1.807, 2.05) is 0 Å². The molecule has 0 bridgehead atoms. The monoisotopic (exact) mass is 291 g/mol. The lowest BCUT2D eigenvalue weighted by Crippen LogP contribution is -2.48. The molecule has 3 N–H and O–H groups in total. The van der Waals surface area contributed by atoms with Crippen molar-refractivity contribution in [3.8, 4) is 0 Å². The molecule has 0 spiro atoms. The Morgan fingerprint density at radius 1 is 1.40 bits per heavy atom. The van der Waals surface area contributed by atoms with E-state index in [-0.39, 0.29) is 18.9 Å². The second-order valence-corrected chi connectivity index (χ2v) is 5.33. The number of carboxylic acids is 1. The summed E-state index contributed by atoms with van der Waals surface area (Å²) in [6.45, 7) is 3.44. The Labute approximate surface area is 118 Å². The number of hydrogen-bond donors (Lipinski definition) is 3. The molecule has 1 rings (SSSR count). The molecule has 0 aromatic carbocycles. The van der Waals surface area contributed by atoms with E-state index in [1.165, 1.54) is 0 Å². The maximum Gasteiger partial charge on any atom is 0.184 e. The molecular formula is C13H23O7-. The van der Waals surface area contributed by atoms with Crippen molar-refractivity contribution >= 4 is 5.97 Å². The molecule has 7 heteroatoms. The highest BCUT2D eigenvalue weighted by atomic mass is 16.7. The number of aliphatic hydroxyl groups excluding tert-OH is 3. The largest absolute Gasteiger partial charge is 0.550 e. The number of carbonyl (C=O) groups excluding carboxylic acids is 1. The minimum atomic E-state index is -1.29. The fourth-order valence-corrected chi connectivity index (χ4v) is 2.08. The van der Waals surface area contributed by atoms with Gasteiger partial charge < -0.3 is 34.7 Å². The third kappa shape index (κ3) is 5.72. The molecule has 0 amide bonds. The lowest BCUT2D eigenvalue weighted by Gasteiger charge is -2.36. The molecule has 0 unspecified atom stereocenters. The highest BCUT2D eigenvalue weighted by Crippen LogP contribution is 2.23. The van der Waals surface area contributed by atoms with E-state index in [0.29, 0.717) is 6.42 Å². The maximum atomic E-state index is 10.3. The van der Waals surface area contributed by atoms with Gasteiger partial charge in [-0.15, -0.1) is 0 Å². The van der Waals surface area contributed by atoms with Crippen LogP contribution in [0.2, 0.25) is 0 Å². The molecule has 1 saturated heterocycles. The summed E-state index contributed by atoms with van der Waals surface area (Å²) in [6.07, 6.45) is -3.67. The zero-order chi connectivity index (χ0) is 15.3. The predicted octanol–water partition coefficient (Wildman–Crippen LogP) is -1.47. The van der Waals surface area contributed by atoms with Gasteiger partial charge >= 0.3 is 0 Å². The molecular weight excluding hydrogens is 268 g/mol. The molecule has 0 aromatic heterocycles. The molecule has 1 aliphatic heterocycles. The van der Waals surface area contributed by atoms with E-state index in [0.717, 1.165) is 0 Å². The van der Waals surface area contributed by atoms with Gasteiger partial charge in [-0.25, -0.2) is 0 Å². The number of ether oxygens (including phenoxy) is 2. The molecule has 1 fully saturated rings. The second kappa shape index (κ2) is 7.90. The van der Waals surface area contributed by atoms with Crippen LogP contribution in [0.4, 0.5) is 0 Å². The molecule has 0 saturated carbocycles. The fourth-order valence-electron chi connectivity index (χ4n) is 2.08. The summed E-state index contributed by atoms with van der Waals surface area (Å²) in [5, 5.41) is 39.0. The Kier molecular flexibility index (Phi) is 6.84. The van der Waals surface area contributed by atoms with Gasteiger partial charge in [0, 0.05) is 18.8 Å². The highest BCUT2D eigenvalue weighted by molar-refractivity contribution is 5.64. The molecule has 20 heavy (non-hydrogen) atoms. The van der Waals surface area contributed by atoms with Crippen LogP contribution in [0.5, 0.6) is 0 Å².